The summed E-state index contributed by atoms with van der Waals surface area (Å²) in [6.45, 7) is 4.22. The summed E-state index contributed by atoms with van der Waals surface area (Å²) in [6.07, 6.45) is 0. The Bertz CT molecular complexity index is 284. The third kappa shape index (κ3) is 3.59. The Hall–Kier alpha value is -0.380. The van der Waals surface area contributed by atoms with Crippen LogP contribution in [0, 0.1) is 0 Å². The van der Waals surface area contributed by atoms with Crippen LogP contribution >= 0.6 is 15.9 Å². The maximum absolute atomic E-state index is 3.46. The Balaban J connectivity index is 2.83. The lowest BCUT2D eigenvalue weighted by Crippen LogP contribution is -2.31. The van der Waals surface area contributed by atoms with Crippen molar-refractivity contribution >= 4 is 15.9 Å². The fourth-order valence-corrected chi connectivity index (χ4v) is 1.89. The highest BCUT2D eigenvalue weighted by Crippen LogP contribution is 2.20. The van der Waals surface area contributed by atoms with Crippen LogP contribution < -0.4 is 5.32 Å². The Morgan fingerprint density at radius 1 is 1.33 bits per heavy atom. The predicted molar refractivity (Wildman–Crippen MR) is 69.1 cm³/mol. The van der Waals surface area contributed by atoms with E-state index in [9.17, 15) is 0 Å². The number of hydrogen-bond acceptors (Lipinski definition) is 2. The van der Waals surface area contributed by atoms with Gasteiger partial charge < -0.3 is 5.32 Å². The molecular weight excluding hydrogens is 252 g/mol. The van der Waals surface area contributed by atoms with E-state index in [0.29, 0.717) is 6.04 Å². The molecule has 15 heavy (non-hydrogen) atoms. The van der Waals surface area contributed by atoms with E-state index in [1.54, 1.807) is 0 Å². The number of nitrogens with one attached hydrogen (secondary N) is 1. The van der Waals surface area contributed by atoms with Gasteiger partial charge in [-0.2, -0.15) is 0 Å². The van der Waals surface area contributed by atoms with Crippen LogP contribution in [-0.2, 0) is 0 Å². The zero-order valence-electron chi connectivity index (χ0n) is 9.63. The second-order valence-corrected chi connectivity index (χ2v) is 4.61. The molecule has 0 saturated heterocycles. The van der Waals surface area contributed by atoms with E-state index >= 15 is 0 Å². The summed E-state index contributed by atoms with van der Waals surface area (Å²) in [5.41, 5.74) is 1.36. The van der Waals surface area contributed by atoms with E-state index in [0.717, 1.165) is 17.6 Å². The van der Waals surface area contributed by atoms with Crippen molar-refractivity contribution in [1.29, 1.82) is 0 Å². The quantitative estimate of drug-likeness (QED) is 0.885. The molecule has 1 atom stereocenters. The summed E-state index contributed by atoms with van der Waals surface area (Å²) in [5, 5.41) is 3.24. The van der Waals surface area contributed by atoms with Gasteiger partial charge in [-0.25, -0.2) is 0 Å². The van der Waals surface area contributed by atoms with Crippen molar-refractivity contribution in [2.24, 2.45) is 0 Å². The van der Waals surface area contributed by atoms with Gasteiger partial charge >= 0.3 is 0 Å². The lowest BCUT2D eigenvalue weighted by molar-refractivity contribution is 0.254. The average Bonchev–Trinajstić information content (AvgIpc) is 2.26. The molecule has 2 nitrogen and oxygen atoms in total. The van der Waals surface area contributed by atoms with E-state index in [1.807, 2.05) is 7.05 Å². The molecule has 3 heteroatoms. The number of halogens is 1. The van der Waals surface area contributed by atoms with Gasteiger partial charge in [0.25, 0.3) is 0 Å². The first-order valence-corrected chi connectivity index (χ1v) is 6.08. The van der Waals surface area contributed by atoms with Crippen LogP contribution in [0.4, 0.5) is 0 Å². The fourth-order valence-electron chi connectivity index (χ4n) is 1.63. The summed E-state index contributed by atoms with van der Waals surface area (Å²) in [7, 11) is 4.15. The van der Waals surface area contributed by atoms with Crippen molar-refractivity contribution in [3.05, 3.63) is 34.3 Å². The van der Waals surface area contributed by atoms with Crippen molar-refractivity contribution in [3.63, 3.8) is 0 Å². The summed E-state index contributed by atoms with van der Waals surface area (Å²) < 4.78 is 1.13. The number of hydrogen-bond donors (Lipinski definition) is 1. The molecule has 0 saturated carbocycles. The smallest absolute Gasteiger partial charge is 0.0469 e. The fraction of sp³-hybridized carbons (Fsp3) is 0.500. The first kappa shape index (κ1) is 12.7. The zero-order valence-corrected chi connectivity index (χ0v) is 11.2. The van der Waals surface area contributed by atoms with E-state index in [2.05, 4.69) is 64.4 Å². The highest BCUT2D eigenvalue weighted by molar-refractivity contribution is 9.10. The molecule has 0 aromatic heterocycles. The van der Waals surface area contributed by atoms with E-state index in [-0.39, 0.29) is 0 Å². The molecule has 1 aromatic carbocycles. The monoisotopic (exact) mass is 270 g/mol. The van der Waals surface area contributed by atoms with E-state index < -0.39 is 0 Å². The van der Waals surface area contributed by atoms with Crippen molar-refractivity contribution in [2.45, 2.75) is 13.0 Å². The van der Waals surface area contributed by atoms with Gasteiger partial charge in [-0.3, -0.25) is 4.90 Å². The SMILES string of the molecule is CCN(C)C(CNC)c1ccc(Br)cc1. The Labute approximate surface area is 101 Å². The second kappa shape index (κ2) is 6.26. The summed E-state index contributed by atoms with van der Waals surface area (Å²) >= 11 is 3.46. The Morgan fingerprint density at radius 2 is 1.93 bits per heavy atom. The largest absolute Gasteiger partial charge is 0.318 e. The molecular formula is C12H19BrN2. The van der Waals surface area contributed by atoms with Gasteiger partial charge in [0, 0.05) is 17.1 Å². The minimum Gasteiger partial charge on any atom is -0.318 e. The summed E-state index contributed by atoms with van der Waals surface area (Å²) in [6, 6.07) is 9.01. The van der Waals surface area contributed by atoms with E-state index in [4.69, 9.17) is 0 Å². The Kier molecular flexibility index (Phi) is 5.29. The second-order valence-electron chi connectivity index (χ2n) is 3.70. The van der Waals surface area contributed by atoms with Crippen LogP contribution in [0.25, 0.3) is 0 Å². The molecule has 1 aromatic rings. The van der Waals surface area contributed by atoms with Crippen LogP contribution in [0.1, 0.15) is 18.5 Å². The summed E-state index contributed by atoms with van der Waals surface area (Å²) in [5.74, 6) is 0. The maximum atomic E-state index is 3.46. The minimum absolute atomic E-state index is 0.452. The lowest BCUT2D eigenvalue weighted by Gasteiger charge is -2.27. The van der Waals surface area contributed by atoms with Gasteiger partial charge in [-0.05, 0) is 38.3 Å². The van der Waals surface area contributed by atoms with Gasteiger partial charge in [0.15, 0.2) is 0 Å². The van der Waals surface area contributed by atoms with E-state index in [1.165, 1.54) is 5.56 Å². The third-order valence-corrected chi connectivity index (χ3v) is 3.21. The molecule has 0 heterocycles. The van der Waals surface area contributed by atoms with Gasteiger partial charge in [-0.1, -0.05) is 35.0 Å². The molecule has 84 valence electrons. The molecule has 0 amide bonds. The molecule has 0 radical (unpaired) electrons. The maximum Gasteiger partial charge on any atom is 0.0469 e. The minimum atomic E-state index is 0.452. The number of likely N-dealkylation sites (N-methyl/N-ethyl adjacent to an activating group) is 2. The van der Waals surface area contributed by atoms with Gasteiger partial charge in [0.1, 0.15) is 0 Å². The van der Waals surface area contributed by atoms with Gasteiger partial charge in [-0.15, -0.1) is 0 Å². The molecule has 1 unspecified atom stereocenters. The van der Waals surface area contributed by atoms with Gasteiger partial charge in [0.2, 0.25) is 0 Å². The molecule has 1 N–H and O–H groups in total. The topological polar surface area (TPSA) is 15.3 Å². The molecule has 0 aliphatic rings. The van der Waals surface area contributed by atoms with Crippen molar-refractivity contribution in [3.8, 4) is 0 Å². The first-order chi connectivity index (χ1) is 7.19. The molecule has 0 fully saturated rings. The number of nitrogens with zero attached hydrogens (tertiary/aromatic N) is 1. The van der Waals surface area contributed by atoms with Crippen LogP contribution in [0.5, 0.6) is 0 Å². The normalized spacial score (nSPS) is 13.1. The molecule has 0 aliphatic carbocycles. The lowest BCUT2D eigenvalue weighted by atomic mass is 10.1. The molecule has 1 rings (SSSR count). The van der Waals surface area contributed by atoms with Crippen molar-refractivity contribution in [1.82, 2.24) is 10.2 Å². The number of rotatable bonds is 5. The van der Waals surface area contributed by atoms with Crippen LogP contribution in [0.15, 0.2) is 28.7 Å². The number of benzene rings is 1. The summed E-state index contributed by atoms with van der Waals surface area (Å²) in [4.78, 5) is 2.35. The molecule has 0 bridgehead atoms. The Morgan fingerprint density at radius 3 is 2.40 bits per heavy atom. The third-order valence-electron chi connectivity index (χ3n) is 2.68. The van der Waals surface area contributed by atoms with Gasteiger partial charge in [0.05, 0.1) is 0 Å². The van der Waals surface area contributed by atoms with Crippen LogP contribution in [0.2, 0.25) is 0 Å². The van der Waals surface area contributed by atoms with Crippen molar-refractivity contribution in [2.75, 3.05) is 27.2 Å². The van der Waals surface area contributed by atoms with Crippen LogP contribution in [0.3, 0.4) is 0 Å². The molecule has 0 aliphatic heterocycles. The highest BCUT2D eigenvalue weighted by atomic mass is 79.9. The van der Waals surface area contributed by atoms with Crippen LogP contribution in [-0.4, -0.2) is 32.1 Å². The first-order valence-electron chi connectivity index (χ1n) is 5.29. The molecule has 0 spiro atoms. The standard InChI is InChI=1S/C12H19BrN2/c1-4-15(3)12(9-14-2)10-5-7-11(13)8-6-10/h5-8,12,14H,4,9H2,1-3H3. The average molecular weight is 271 g/mol. The van der Waals surface area contributed by atoms with Crippen molar-refractivity contribution < 1.29 is 0 Å². The predicted octanol–water partition coefficient (Wildman–Crippen LogP) is 2.66. The zero-order chi connectivity index (χ0) is 11.3. The highest BCUT2D eigenvalue weighted by Gasteiger charge is 2.14.